The smallest absolute Gasteiger partial charge is 0.258 e. The molecule has 232 valence electrons. The highest BCUT2D eigenvalue weighted by atomic mass is 16.5. The first kappa shape index (κ1) is 29.5. The molecule has 2 atom stereocenters. The predicted molar refractivity (Wildman–Crippen MR) is 162 cm³/mol. The Morgan fingerprint density at radius 3 is 2.57 bits per heavy atom. The second kappa shape index (κ2) is 12.6. The lowest BCUT2D eigenvalue weighted by Gasteiger charge is -2.21. The largest absolute Gasteiger partial charge is 0.493 e. The third kappa shape index (κ3) is 6.98. The van der Waals surface area contributed by atoms with Gasteiger partial charge in [0.15, 0.2) is 6.61 Å². The maximum absolute atomic E-state index is 13.6. The molecular weight excluding hydrogens is 562 g/mol. The summed E-state index contributed by atoms with van der Waals surface area (Å²) in [7, 11) is 0. The Bertz CT molecular complexity index is 1550. The van der Waals surface area contributed by atoms with Crippen LogP contribution in [0.2, 0.25) is 0 Å². The van der Waals surface area contributed by atoms with Crippen LogP contribution in [0.1, 0.15) is 52.1 Å². The fraction of sp³-hybridized carbons (Fsp3) is 0.455. The molecule has 2 aromatic carbocycles. The molecular formula is C33H39N5O6. The van der Waals surface area contributed by atoms with E-state index in [1.807, 2.05) is 49.7 Å². The van der Waals surface area contributed by atoms with Gasteiger partial charge in [-0.1, -0.05) is 12.1 Å². The molecule has 1 saturated heterocycles. The molecule has 3 aliphatic heterocycles. The lowest BCUT2D eigenvalue weighted by atomic mass is 10.1. The highest BCUT2D eigenvalue weighted by molar-refractivity contribution is 5.95. The molecule has 3 aromatic rings. The molecule has 4 heterocycles. The molecule has 4 aliphatic rings. The maximum Gasteiger partial charge on any atom is 0.258 e. The molecule has 0 spiro atoms. The Hall–Kier alpha value is -4.54. The number of hydrogen-bond donors (Lipinski definition) is 2. The van der Waals surface area contributed by atoms with Gasteiger partial charge in [0.05, 0.1) is 24.9 Å². The van der Waals surface area contributed by atoms with Crippen molar-refractivity contribution in [1.29, 1.82) is 0 Å². The Labute approximate surface area is 256 Å². The second-order valence-electron chi connectivity index (χ2n) is 12.0. The summed E-state index contributed by atoms with van der Waals surface area (Å²) in [5.74, 6) is 1.35. The molecule has 3 amide bonds. The van der Waals surface area contributed by atoms with Gasteiger partial charge in [0, 0.05) is 43.4 Å². The molecule has 0 radical (unpaired) electrons. The second-order valence-corrected chi connectivity index (χ2v) is 12.0. The zero-order chi connectivity index (χ0) is 30.8. The van der Waals surface area contributed by atoms with Gasteiger partial charge in [-0.15, -0.1) is 0 Å². The van der Waals surface area contributed by atoms with E-state index >= 15 is 0 Å². The number of benzene rings is 2. The number of aromatic nitrogens is 2. The summed E-state index contributed by atoms with van der Waals surface area (Å²) < 4.78 is 20.0. The van der Waals surface area contributed by atoms with Crippen molar-refractivity contribution < 1.29 is 28.6 Å². The van der Waals surface area contributed by atoms with E-state index in [0.29, 0.717) is 61.5 Å². The fourth-order valence-electron chi connectivity index (χ4n) is 5.48. The number of ether oxygens (including phenoxy) is 3. The van der Waals surface area contributed by atoms with Crippen molar-refractivity contribution in [3.8, 4) is 17.2 Å². The Morgan fingerprint density at radius 1 is 1.05 bits per heavy atom. The monoisotopic (exact) mass is 601 g/mol. The Kier molecular flexibility index (Phi) is 8.45. The third-order valence-electron chi connectivity index (χ3n) is 8.61. The minimum atomic E-state index is -0.468. The van der Waals surface area contributed by atoms with Gasteiger partial charge in [0.2, 0.25) is 5.91 Å². The first-order valence-electron chi connectivity index (χ1n) is 15.2. The number of aryl methyl sites for hydroxylation is 2. The SMILES string of the molecule is Cc1nn(CCC(=O)N2C[C@@H]3NC(=O)c4cc(cc(OCC5CC5)c4)OCC(=O)NCc4ccc(cc4)O[C@H]3C2)c(C)c1C. The van der Waals surface area contributed by atoms with Crippen LogP contribution in [-0.4, -0.2) is 70.9 Å². The van der Waals surface area contributed by atoms with Crippen molar-refractivity contribution in [3.05, 3.63) is 70.5 Å². The summed E-state index contributed by atoms with van der Waals surface area (Å²) in [6, 6.07) is 11.9. The molecule has 7 rings (SSSR count). The van der Waals surface area contributed by atoms with Crippen LogP contribution in [0.4, 0.5) is 0 Å². The molecule has 44 heavy (non-hydrogen) atoms. The van der Waals surface area contributed by atoms with Gasteiger partial charge in [-0.2, -0.15) is 5.10 Å². The van der Waals surface area contributed by atoms with E-state index in [0.717, 1.165) is 35.4 Å². The van der Waals surface area contributed by atoms with Gasteiger partial charge in [0.1, 0.15) is 23.4 Å². The number of nitrogens with zero attached hydrogens (tertiary/aromatic N) is 3. The molecule has 1 saturated carbocycles. The molecule has 1 aromatic heterocycles. The molecule has 2 fully saturated rings. The van der Waals surface area contributed by atoms with E-state index in [2.05, 4.69) is 15.7 Å². The highest BCUT2D eigenvalue weighted by Gasteiger charge is 2.38. The van der Waals surface area contributed by atoms with Gasteiger partial charge in [0.25, 0.3) is 11.8 Å². The number of likely N-dealkylation sites (tertiary alicyclic amines) is 1. The molecule has 11 heteroatoms. The van der Waals surface area contributed by atoms with Gasteiger partial charge in [-0.3, -0.25) is 19.1 Å². The molecule has 2 N–H and O–H groups in total. The van der Waals surface area contributed by atoms with Crippen LogP contribution in [0, 0.1) is 26.7 Å². The van der Waals surface area contributed by atoms with Crippen LogP contribution in [-0.2, 0) is 22.7 Å². The van der Waals surface area contributed by atoms with Crippen molar-refractivity contribution in [1.82, 2.24) is 25.3 Å². The molecule has 0 unspecified atom stereocenters. The standard InChI is InChI=1S/C33H39N5O6/c1-20-21(2)36-38(22(20)3)11-10-32(40)37-16-29-30(17-37)44-26-8-6-23(7-9-26)15-34-31(39)19-43-28-13-25(33(41)35-29)12-27(14-28)42-18-24-4-5-24/h6-9,12-14,24,29-30H,4-5,10-11,15-19H2,1-3H3,(H,34,39)(H,35,41)/t29-,30-/m0/s1. The normalized spacial score (nSPS) is 20.2. The summed E-state index contributed by atoms with van der Waals surface area (Å²) in [6.45, 7) is 7.82. The lowest BCUT2D eigenvalue weighted by Crippen LogP contribution is -2.45. The quantitative estimate of drug-likeness (QED) is 0.445. The summed E-state index contributed by atoms with van der Waals surface area (Å²) in [4.78, 5) is 41.2. The van der Waals surface area contributed by atoms with E-state index in [4.69, 9.17) is 14.2 Å². The van der Waals surface area contributed by atoms with Gasteiger partial charge in [-0.25, -0.2) is 0 Å². The van der Waals surface area contributed by atoms with Crippen LogP contribution < -0.4 is 24.8 Å². The summed E-state index contributed by atoms with van der Waals surface area (Å²) in [5, 5.41) is 10.5. The predicted octanol–water partition coefficient (Wildman–Crippen LogP) is 3.08. The zero-order valence-corrected chi connectivity index (χ0v) is 25.4. The van der Waals surface area contributed by atoms with Gasteiger partial charge in [-0.05, 0) is 74.9 Å². The van der Waals surface area contributed by atoms with Crippen LogP contribution >= 0.6 is 0 Å². The first-order chi connectivity index (χ1) is 21.2. The third-order valence-corrected chi connectivity index (χ3v) is 8.61. The van der Waals surface area contributed by atoms with Crippen LogP contribution in [0.15, 0.2) is 42.5 Å². The zero-order valence-electron chi connectivity index (χ0n) is 25.4. The average Bonchev–Trinajstić information content (AvgIpc) is 3.73. The van der Waals surface area contributed by atoms with Crippen LogP contribution in [0.25, 0.3) is 0 Å². The maximum atomic E-state index is 13.6. The van der Waals surface area contributed by atoms with Crippen molar-refractivity contribution in [2.45, 2.75) is 65.3 Å². The van der Waals surface area contributed by atoms with Crippen molar-refractivity contribution in [2.75, 3.05) is 26.3 Å². The van der Waals surface area contributed by atoms with E-state index in [-0.39, 0.29) is 30.7 Å². The summed E-state index contributed by atoms with van der Waals surface area (Å²) >= 11 is 0. The number of rotatable bonds is 6. The van der Waals surface area contributed by atoms with Gasteiger partial charge < -0.3 is 29.7 Å². The van der Waals surface area contributed by atoms with E-state index in [1.54, 1.807) is 23.1 Å². The number of carbonyl (C=O) groups is 3. The van der Waals surface area contributed by atoms with E-state index in [9.17, 15) is 14.4 Å². The van der Waals surface area contributed by atoms with E-state index in [1.165, 1.54) is 0 Å². The van der Waals surface area contributed by atoms with Gasteiger partial charge >= 0.3 is 0 Å². The number of fused-ring (bicyclic) bond motifs is 7. The first-order valence-corrected chi connectivity index (χ1v) is 15.2. The fourth-order valence-corrected chi connectivity index (χ4v) is 5.48. The number of nitrogens with one attached hydrogen (secondary N) is 2. The average molecular weight is 602 g/mol. The Balaban J connectivity index is 1.22. The molecule has 11 nitrogen and oxygen atoms in total. The molecule has 4 bridgehead atoms. The number of hydrogen-bond acceptors (Lipinski definition) is 7. The van der Waals surface area contributed by atoms with Crippen LogP contribution in [0.3, 0.4) is 0 Å². The Morgan fingerprint density at radius 2 is 1.84 bits per heavy atom. The minimum absolute atomic E-state index is 0.0278. The van der Waals surface area contributed by atoms with Crippen molar-refractivity contribution in [2.24, 2.45) is 5.92 Å². The lowest BCUT2D eigenvalue weighted by molar-refractivity contribution is -0.130. The van der Waals surface area contributed by atoms with Crippen molar-refractivity contribution in [3.63, 3.8) is 0 Å². The topological polar surface area (TPSA) is 124 Å². The molecule has 1 aliphatic carbocycles. The summed E-state index contributed by atoms with van der Waals surface area (Å²) in [5.41, 5.74) is 4.38. The highest BCUT2D eigenvalue weighted by Crippen LogP contribution is 2.31. The summed E-state index contributed by atoms with van der Waals surface area (Å²) in [6.07, 6.45) is 2.08. The van der Waals surface area contributed by atoms with Crippen molar-refractivity contribution >= 4 is 17.7 Å². The van der Waals surface area contributed by atoms with E-state index < -0.39 is 12.1 Å². The number of amides is 3. The number of carbonyl (C=O) groups excluding carboxylic acids is 3. The minimum Gasteiger partial charge on any atom is -0.493 e. The van der Waals surface area contributed by atoms with Crippen LogP contribution in [0.5, 0.6) is 17.2 Å².